The Labute approximate surface area is 136 Å². The van der Waals surface area contributed by atoms with Gasteiger partial charge in [-0.15, -0.1) is 0 Å². The fourth-order valence-corrected chi connectivity index (χ4v) is 3.43. The van der Waals surface area contributed by atoms with Gasteiger partial charge in [-0.25, -0.2) is 9.98 Å². The molecule has 0 amide bonds. The van der Waals surface area contributed by atoms with Crippen molar-refractivity contribution in [2.24, 2.45) is 15.4 Å². The van der Waals surface area contributed by atoms with Crippen molar-refractivity contribution < 1.29 is 9.47 Å². The molecule has 2 rings (SSSR count). The molecule has 0 aliphatic carbocycles. The minimum Gasteiger partial charge on any atom is -0.478 e. The average Bonchev–Trinajstić information content (AvgIpc) is 3.12. The normalized spacial score (nSPS) is 25.3. The second-order valence-electron chi connectivity index (χ2n) is 5.99. The van der Waals surface area contributed by atoms with E-state index in [-0.39, 0.29) is 5.41 Å². The van der Waals surface area contributed by atoms with Crippen LogP contribution in [0.5, 0.6) is 0 Å². The lowest BCUT2D eigenvalue weighted by molar-refractivity contribution is 0.262. The molecule has 0 spiro atoms. The molecule has 2 aliphatic rings. The fraction of sp³-hybridized carbons (Fsp3) is 0.867. The summed E-state index contributed by atoms with van der Waals surface area (Å²) in [6.07, 6.45) is 6.40. The van der Waals surface area contributed by atoms with E-state index >= 15 is 0 Å². The first kappa shape index (κ1) is 17.0. The molecule has 0 bridgehead atoms. The van der Waals surface area contributed by atoms with Gasteiger partial charge >= 0.3 is 0 Å². The van der Waals surface area contributed by atoms with Crippen LogP contribution in [0.3, 0.4) is 0 Å². The summed E-state index contributed by atoms with van der Waals surface area (Å²) in [7, 11) is 0. The monoisotopic (exact) mass is 330 g/mol. The van der Waals surface area contributed by atoms with Crippen LogP contribution in [0.1, 0.15) is 26.7 Å². The highest BCUT2D eigenvalue weighted by atomic mass is 32.2. The predicted octanol–water partition coefficient (Wildman–Crippen LogP) is 3.11. The zero-order valence-electron chi connectivity index (χ0n) is 13.4. The molecule has 120 valence electrons. The molecule has 0 N–H and O–H groups in total. The Morgan fingerprint density at radius 1 is 0.952 bits per heavy atom. The van der Waals surface area contributed by atoms with Crippen molar-refractivity contribution in [1.29, 1.82) is 0 Å². The highest BCUT2D eigenvalue weighted by molar-refractivity contribution is 7.98. The molecular weight excluding hydrogens is 304 g/mol. The van der Waals surface area contributed by atoms with Gasteiger partial charge in [-0.2, -0.15) is 23.5 Å². The van der Waals surface area contributed by atoms with Crippen LogP contribution in [0.2, 0.25) is 0 Å². The van der Waals surface area contributed by atoms with Gasteiger partial charge in [-0.1, -0.05) is 0 Å². The molecule has 0 radical (unpaired) electrons. The van der Waals surface area contributed by atoms with Crippen molar-refractivity contribution in [2.45, 2.75) is 38.8 Å². The van der Waals surface area contributed by atoms with E-state index in [1.54, 1.807) is 0 Å². The Morgan fingerprint density at radius 3 is 1.76 bits per heavy atom. The maximum atomic E-state index is 5.83. The highest BCUT2D eigenvalue weighted by Crippen LogP contribution is 2.30. The lowest BCUT2D eigenvalue weighted by Crippen LogP contribution is -2.34. The Kier molecular flexibility index (Phi) is 6.29. The number of aliphatic imine (C=N–C) groups is 2. The third kappa shape index (κ3) is 4.31. The summed E-state index contributed by atoms with van der Waals surface area (Å²) >= 11 is 3.71. The minimum atomic E-state index is -0.345. The predicted molar refractivity (Wildman–Crippen MR) is 94.1 cm³/mol. The lowest BCUT2D eigenvalue weighted by atomic mass is 9.93. The molecule has 2 aliphatic heterocycles. The third-order valence-corrected chi connectivity index (χ3v) is 5.09. The average molecular weight is 331 g/mol. The van der Waals surface area contributed by atoms with Crippen molar-refractivity contribution in [2.75, 3.05) is 37.2 Å². The van der Waals surface area contributed by atoms with Crippen molar-refractivity contribution in [3.8, 4) is 0 Å². The molecule has 0 fully saturated rings. The third-order valence-electron chi connectivity index (χ3n) is 3.80. The summed E-state index contributed by atoms with van der Waals surface area (Å²) in [5.41, 5.74) is -0.345. The summed E-state index contributed by atoms with van der Waals surface area (Å²) in [5.74, 6) is 3.83. The molecule has 0 aromatic heterocycles. The summed E-state index contributed by atoms with van der Waals surface area (Å²) in [6, 6.07) is 0.585. The Morgan fingerprint density at radius 2 is 1.38 bits per heavy atom. The van der Waals surface area contributed by atoms with Gasteiger partial charge in [0.1, 0.15) is 18.6 Å². The van der Waals surface area contributed by atoms with Crippen molar-refractivity contribution in [1.82, 2.24) is 0 Å². The number of hydrogen-bond donors (Lipinski definition) is 0. The SMILES string of the molecule is CSCC[C@H]1COC(C(C)(C)C2=N[C@@H](CCSC)CO2)=N1. The van der Waals surface area contributed by atoms with Gasteiger partial charge < -0.3 is 9.47 Å². The quantitative estimate of drug-likeness (QED) is 0.686. The van der Waals surface area contributed by atoms with E-state index in [0.717, 1.165) is 36.1 Å². The molecule has 2 heterocycles. The molecule has 21 heavy (non-hydrogen) atoms. The van der Waals surface area contributed by atoms with Crippen LogP contribution in [0.4, 0.5) is 0 Å². The molecule has 0 saturated heterocycles. The number of nitrogens with zero attached hydrogens (tertiary/aromatic N) is 2. The van der Waals surface area contributed by atoms with Gasteiger partial charge in [0.2, 0.25) is 0 Å². The molecule has 0 saturated carbocycles. The maximum Gasteiger partial charge on any atom is 0.199 e. The zero-order valence-corrected chi connectivity index (χ0v) is 15.1. The molecule has 4 nitrogen and oxygen atoms in total. The standard InChI is InChI=1S/C15H26N2O2S2/c1-15(2,13-16-11(9-18-13)5-7-20-3)14-17-12(10-19-14)6-8-21-4/h11-12H,5-10H2,1-4H3/t11-,12-/m0/s1. The minimum absolute atomic E-state index is 0.293. The summed E-state index contributed by atoms with van der Waals surface area (Å²) in [6.45, 7) is 5.59. The molecular formula is C15H26N2O2S2. The van der Waals surface area contributed by atoms with Gasteiger partial charge in [-0.3, -0.25) is 0 Å². The van der Waals surface area contributed by atoms with Crippen molar-refractivity contribution in [3.05, 3.63) is 0 Å². The largest absolute Gasteiger partial charge is 0.478 e. The topological polar surface area (TPSA) is 43.2 Å². The van der Waals surface area contributed by atoms with E-state index in [1.165, 1.54) is 0 Å². The van der Waals surface area contributed by atoms with Crippen LogP contribution >= 0.6 is 23.5 Å². The molecule has 2 atom stereocenters. The molecule has 0 aromatic rings. The van der Waals surface area contributed by atoms with Crippen LogP contribution in [-0.2, 0) is 9.47 Å². The molecule has 6 heteroatoms. The van der Waals surface area contributed by atoms with E-state index in [2.05, 4.69) is 26.4 Å². The number of thioether (sulfide) groups is 2. The van der Waals surface area contributed by atoms with Gasteiger partial charge in [0.25, 0.3) is 0 Å². The van der Waals surface area contributed by atoms with Crippen LogP contribution in [-0.4, -0.2) is 61.1 Å². The van der Waals surface area contributed by atoms with Crippen LogP contribution < -0.4 is 0 Å². The van der Waals surface area contributed by atoms with Crippen molar-refractivity contribution in [3.63, 3.8) is 0 Å². The van der Waals surface area contributed by atoms with E-state index in [4.69, 9.17) is 19.5 Å². The smallest absolute Gasteiger partial charge is 0.199 e. The van der Waals surface area contributed by atoms with Crippen LogP contribution in [0.15, 0.2) is 9.98 Å². The van der Waals surface area contributed by atoms with Crippen LogP contribution in [0.25, 0.3) is 0 Å². The second-order valence-corrected chi connectivity index (χ2v) is 7.96. The first-order chi connectivity index (χ1) is 10.1. The Balaban J connectivity index is 1.98. The summed E-state index contributed by atoms with van der Waals surface area (Å²) in [5, 5.41) is 0. The van der Waals surface area contributed by atoms with E-state index in [9.17, 15) is 0 Å². The van der Waals surface area contributed by atoms with E-state index < -0.39 is 0 Å². The second kappa shape index (κ2) is 7.77. The highest BCUT2D eigenvalue weighted by Gasteiger charge is 2.41. The number of ether oxygens (including phenoxy) is 2. The summed E-state index contributed by atoms with van der Waals surface area (Å²) < 4.78 is 11.7. The van der Waals surface area contributed by atoms with E-state index in [1.807, 2.05) is 23.5 Å². The van der Waals surface area contributed by atoms with Crippen molar-refractivity contribution >= 4 is 35.3 Å². The number of hydrogen-bond acceptors (Lipinski definition) is 6. The first-order valence-corrected chi connectivity index (χ1v) is 10.3. The zero-order chi connectivity index (χ0) is 15.3. The maximum absolute atomic E-state index is 5.83. The van der Waals surface area contributed by atoms with Crippen LogP contribution in [0, 0.1) is 5.41 Å². The first-order valence-electron chi connectivity index (χ1n) is 7.48. The van der Waals surface area contributed by atoms with E-state index in [0.29, 0.717) is 25.3 Å². The van der Waals surface area contributed by atoms with Gasteiger partial charge in [0.15, 0.2) is 11.8 Å². The number of rotatable bonds is 8. The van der Waals surface area contributed by atoms with Gasteiger partial charge in [-0.05, 0) is 50.7 Å². The fourth-order valence-electron chi connectivity index (χ4n) is 2.41. The molecule has 0 unspecified atom stereocenters. The van der Waals surface area contributed by atoms with Gasteiger partial charge in [0.05, 0.1) is 12.1 Å². The van der Waals surface area contributed by atoms with Gasteiger partial charge in [0, 0.05) is 0 Å². The lowest BCUT2D eigenvalue weighted by Gasteiger charge is -2.22. The Bertz CT molecular complexity index is 374. The molecule has 0 aromatic carbocycles. The summed E-state index contributed by atoms with van der Waals surface area (Å²) in [4.78, 5) is 9.49. The Hall–Kier alpha value is -0.360.